The van der Waals surface area contributed by atoms with E-state index in [1.165, 1.54) is 0 Å². The molecule has 2 unspecified atom stereocenters. The molecule has 0 amide bonds. The molecule has 1 rings (SSSR count). The highest BCUT2D eigenvalue weighted by Crippen LogP contribution is 2.37. The maximum Gasteiger partial charge on any atom is 0.0616 e. The zero-order valence-electron chi connectivity index (χ0n) is 10.3. The molecule has 0 aliphatic carbocycles. The SMILES string of the molecule is CC(C)COCCC1(CN)CCOC1C. The Kier molecular flexibility index (Phi) is 5.03. The predicted molar refractivity (Wildman–Crippen MR) is 61.8 cm³/mol. The fourth-order valence-corrected chi connectivity index (χ4v) is 2.11. The molecule has 0 spiro atoms. The molecule has 1 heterocycles. The fraction of sp³-hybridized carbons (Fsp3) is 1.00. The van der Waals surface area contributed by atoms with Crippen LogP contribution in [0.25, 0.3) is 0 Å². The third-order valence-electron chi connectivity index (χ3n) is 3.43. The second kappa shape index (κ2) is 5.83. The highest BCUT2D eigenvalue weighted by molar-refractivity contribution is 4.90. The minimum atomic E-state index is 0.164. The van der Waals surface area contributed by atoms with Gasteiger partial charge in [0.15, 0.2) is 0 Å². The van der Waals surface area contributed by atoms with E-state index in [1.54, 1.807) is 0 Å². The molecule has 2 atom stereocenters. The second-order valence-electron chi connectivity index (χ2n) is 5.05. The van der Waals surface area contributed by atoms with Crippen LogP contribution in [0.4, 0.5) is 0 Å². The van der Waals surface area contributed by atoms with E-state index in [9.17, 15) is 0 Å². The molecule has 1 saturated heterocycles. The van der Waals surface area contributed by atoms with Gasteiger partial charge in [-0.2, -0.15) is 0 Å². The molecule has 1 fully saturated rings. The van der Waals surface area contributed by atoms with Crippen molar-refractivity contribution in [3.05, 3.63) is 0 Å². The molecular weight excluding hydrogens is 190 g/mol. The van der Waals surface area contributed by atoms with Crippen molar-refractivity contribution in [3.8, 4) is 0 Å². The highest BCUT2D eigenvalue weighted by atomic mass is 16.5. The topological polar surface area (TPSA) is 44.5 Å². The molecule has 0 radical (unpaired) electrons. The lowest BCUT2D eigenvalue weighted by Crippen LogP contribution is -2.37. The van der Waals surface area contributed by atoms with Crippen LogP contribution in [0.3, 0.4) is 0 Å². The summed E-state index contributed by atoms with van der Waals surface area (Å²) in [5.74, 6) is 0.607. The molecule has 0 aromatic rings. The highest BCUT2D eigenvalue weighted by Gasteiger charge is 2.39. The summed E-state index contributed by atoms with van der Waals surface area (Å²) in [6.45, 7) is 9.67. The van der Waals surface area contributed by atoms with Gasteiger partial charge in [-0.15, -0.1) is 0 Å². The molecule has 15 heavy (non-hydrogen) atoms. The first-order valence-corrected chi connectivity index (χ1v) is 6.00. The summed E-state index contributed by atoms with van der Waals surface area (Å²) in [5, 5.41) is 0. The van der Waals surface area contributed by atoms with Gasteiger partial charge in [-0.1, -0.05) is 13.8 Å². The Bertz CT molecular complexity index is 184. The van der Waals surface area contributed by atoms with Crippen molar-refractivity contribution >= 4 is 0 Å². The Hall–Kier alpha value is -0.120. The first-order chi connectivity index (χ1) is 7.10. The van der Waals surface area contributed by atoms with Crippen LogP contribution in [0.2, 0.25) is 0 Å². The van der Waals surface area contributed by atoms with Crippen LogP contribution < -0.4 is 5.73 Å². The largest absolute Gasteiger partial charge is 0.381 e. The van der Waals surface area contributed by atoms with Crippen LogP contribution in [-0.2, 0) is 9.47 Å². The molecule has 0 saturated carbocycles. The summed E-state index contributed by atoms with van der Waals surface area (Å²) in [7, 11) is 0. The first kappa shape index (κ1) is 12.9. The normalized spacial score (nSPS) is 31.4. The maximum absolute atomic E-state index is 5.87. The fourth-order valence-electron chi connectivity index (χ4n) is 2.11. The third kappa shape index (κ3) is 3.44. The van der Waals surface area contributed by atoms with Gasteiger partial charge in [0.25, 0.3) is 0 Å². The zero-order valence-corrected chi connectivity index (χ0v) is 10.3. The van der Waals surface area contributed by atoms with Crippen molar-refractivity contribution in [2.75, 3.05) is 26.4 Å². The van der Waals surface area contributed by atoms with Crippen molar-refractivity contribution in [2.24, 2.45) is 17.1 Å². The lowest BCUT2D eigenvalue weighted by atomic mass is 9.79. The van der Waals surface area contributed by atoms with Gasteiger partial charge in [-0.3, -0.25) is 0 Å². The molecular formula is C12H25NO2. The Balaban J connectivity index is 2.28. The van der Waals surface area contributed by atoms with Crippen LogP contribution >= 0.6 is 0 Å². The van der Waals surface area contributed by atoms with Crippen molar-refractivity contribution in [3.63, 3.8) is 0 Å². The summed E-state index contributed by atoms with van der Waals surface area (Å²) >= 11 is 0. The van der Waals surface area contributed by atoms with Gasteiger partial charge in [-0.25, -0.2) is 0 Å². The average molecular weight is 215 g/mol. The monoisotopic (exact) mass is 215 g/mol. The van der Waals surface area contributed by atoms with E-state index in [2.05, 4.69) is 20.8 Å². The molecule has 3 nitrogen and oxygen atoms in total. The van der Waals surface area contributed by atoms with Crippen molar-refractivity contribution in [2.45, 2.75) is 39.7 Å². The number of nitrogens with two attached hydrogens (primary N) is 1. The van der Waals surface area contributed by atoms with Crippen LogP contribution in [0, 0.1) is 11.3 Å². The van der Waals surface area contributed by atoms with Crippen molar-refractivity contribution in [1.29, 1.82) is 0 Å². The van der Waals surface area contributed by atoms with E-state index in [0.717, 1.165) is 32.7 Å². The maximum atomic E-state index is 5.87. The minimum Gasteiger partial charge on any atom is -0.381 e. The van der Waals surface area contributed by atoms with Crippen LogP contribution in [0.15, 0.2) is 0 Å². The van der Waals surface area contributed by atoms with E-state index in [4.69, 9.17) is 15.2 Å². The lowest BCUT2D eigenvalue weighted by molar-refractivity contribution is 0.0321. The molecule has 1 aliphatic heterocycles. The van der Waals surface area contributed by atoms with E-state index < -0.39 is 0 Å². The van der Waals surface area contributed by atoms with Crippen LogP contribution in [0.1, 0.15) is 33.6 Å². The number of hydrogen-bond donors (Lipinski definition) is 1. The summed E-state index contributed by atoms with van der Waals surface area (Å²) in [6.07, 6.45) is 2.39. The van der Waals surface area contributed by atoms with Gasteiger partial charge in [0.05, 0.1) is 6.10 Å². The van der Waals surface area contributed by atoms with E-state index in [0.29, 0.717) is 12.5 Å². The van der Waals surface area contributed by atoms with Gasteiger partial charge in [-0.05, 0) is 25.7 Å². The standard InChI is InChI=1S/C12H25NO2/c1-10(2)8-14-6-4-12(9-13)5-7-15-11(12)3/h10-11H,4-9,13H2,1-3H3. The molecule has 3 heteroatoms. The number of rotatable bonds is 6. The van der Waals surface area contributed by atoms with Crippen LogP contribution in [0.5, 0.6) is 0 Å². The Labute approximate surface area is 93.3 Å². The smallest absolute Gasteiger partial charge is 0.0616 e. The van der Waals surface area contributed by atoms with Gasteiger partial charge < -0.3 is 15.2 Å². The Morgan fingerprint density at radius 1 is 1.53 bits per heavy atom. The summed E-state index contributed by atoms with van der Waals surface area (Å²) in [5.41, 5.74) is 6.03. The lowest BCUT2D eigenvalue weighted by Gasteiger charge is -2.30. The zero-order chi connectivity index (χ0) is 11.3. The molecule has 0 bridgehead atoms. The Morgan fingerprint density at radius 3 is 2.73 bits per heavy atom. The van der Waals surface area contributed by atoms with Crippen molar-refractivity contribution < 1.29 is 9.47 Å². The quantitative estimate of drug-likeness (QED) is 0.687. The molecule has 90 valence electrons. The number of ether oxygens (including phenoxy) is 2. The Morgan fingerprint density at radius 2 is 2.27 bits per heavy atom. The first-order valence-electron chi connectivity index (χ1n) is 6.00. The van der Waals surface area contributed by atoms with E-state index >= 15 is 0 Å². The van der Waals surface area contributed by atoms with E-state index in [-0.39, 0.29) is 11.5 Å². The molecule has 0 aromatic heterocycles. The summed E-state index contributed by atoms with van der Waals surface area (Å²) in [6, 6.07) is 0. The summed E-state index contributed by atoms with van der Waals surface area (Å²) in [4.78, 5) is 0. The van der Waals surface area contributed by atoms with Gasteiger partial charge in [0, 0.05) is 31.8 Å². The van der Waals surface area contributed by atoms with Gasteiger partial charge in [0.2, 0.25) is 0 Å². The molecule has 0 aromatic carbocycles. The minimum absolute atomic E-state index is 0.164. The van der Waals surface area contributed by atoms with Crippen molar-refractivity contribution in [1.82, 2.24) is 0 Å². The average Bonchev–Trinajstić information content (AvgIpc) is 2.55. The van der Waals surface area contributed by atoms with E-state index in [1.807, 2.05) is 0 Å². The van der Waals surface area contributed by atoms with Crippen LogP contribution in [-0.4, -0.2) is 32.5 Å². The van der Waals surface area contributed by atoms with Gasteiger partial charge in [0.1, 0.15) is 0 Å². The third-order valence-corrected chi connectivity index (χ3v) is 3.43. The van der Waals surface area contributed by atoms with Gasteiger partial charge >= 0.3 is 0 Å². The number of hydrogen-bond acceptors (Lipinski definition) is 3. The molecule has 1 aliphatic rings. The second-order valence-corrected chi connectivity index (χ2v) is 5.05. The predicted octanol–water partition coefficient (Wildman–Crippen LogP) is 1.80. The summed E-state index contributed by atoms with van der Waals surface area (Å²) < 4.78 is 11.2. The molecule has 2 N–H and O–H groups in total.